The number of nitrogens with one attached hydrogen (secondary N) is 2. The second-order valence-electron chi connectivity index (χ2n) is 6.95. The van der Waals surface area contributed by atoms with Crippen molar-refractivity contribution in [2.45, 2.75) is 12.5 Å². The Labute approximate surface area is 184 Å². The zero-order valence-corrected chi connectivity index (χ0v) is 17.0. The SMILES string of the molecule is O=C(N[C@@H](Cc1ccccc1)C(=O)O)/C(=C\c1ccccc1F)NC(=O)c1ccccc1. The van der Waals surface area contributed by atoms with E-state index < -0.39 is 29.6 Å². The molecular weight excluding hydrogens is 411 g/mol. The topological polar surface area (TPSA) is 95.5 Å². The van der Waals surface area contributed by atoms with Gasteiger partial charge in [0.25, 0.3) is 11.8 Å². The molecule has 0 aliphatic heterocycles. The molecule has 3 rings (SSSR count). The average Bonchev–Trinajstić information content (AvgIpc) is 2.80. The molecule has 6 nitrogen and oxygen atoms in total. The Balaban J connectivity index is 1.87. The maximum Gasteiger partial charge on any atom is 0.326 e. The summed E-state index contributed by atoms with van der Waals surface area (Å²) in [6, 6.07) is 21.5. The summed E-state index contributed by atoms with van der Waals surface area (Å²) < 4.78 is 14.2. The van der Waals surface area contributed by atoms with Crippen LogP contribution in [-0.4, -0.2) is 28.9 Å². The fraction of sp³-hybridized carbons (Fsp3) is 0.0800. The lowest BCUT2D eigenvalue weighted by atomic mass is 10.1. The molecule has 0 aliphatic carbocycles. The maximum absolute atomic E-state index is 14.2. The predicted octanol–water partition coefficient (Wildman–Crippen LogP) is 3.41. The molecule has 0 saturated heterocycles. The Kier molecular flexibility index (Phi) is 7.48. The van der Waals surface area contributed by atoms with E-state index in [9.17, 15) is 23.9 Å². The van der Waals surface area contributed by atoms with Crippen molar-refractivity contribution >= 4 is 23.9 Å². The molecule has 7 heteroatoms. The molecule has 0 aromatic heterocycles. The minimum Gasteiger partial charge on any atom is -0.480 e. The van der Waals surface area contributed by atoms with Crippen molar-refractivity contribution in [1.29, 1.82) is 0 Å². The molecule has 0 fully saturated rings. The minimum atomic E-state index is -1.25. The van der Waals surface area contributed by atoms with E-state index in [1.165, 1.54) is 24.3 Å². The first-order valence-corrected chi connectivity index (χ1v) is 9.84. The van der Waals surface area contributed by atoms with Gasteiger partial charge in [-0.2, -0.15) is 0 Å². The van der Waals surface area contributed by atoms with E-state index in [1.54, 1.807) is 66.7 Å². The molecule has 2 amide bonds. The first-order chi connectivity index (χ1) is 15.4. The molecular formula is C25H21FN2O4. The van der Waals surface area contributed by atoms with Gasteiger partial charge in [-0.25, -0.2) is 9.18 Å². The van der Waals surface area contributed by atoms with Gasteiger partial charge in [0.05, 0.1) is 0 Å². The highest BCUT2D eigenvalue weighted by molar-refractivity contribution is 6.06. The second-order valence-corrected chi connectivity index (χ2v) is 6.95. The van der Waals surface area contributed by atoms with Crippen LogP contribution >= 0.6 is 0 Å². The van der Waals surface area contributed by atoms with Gasteiger partial charge in [0, 0.05) is 17.5 Å². The van der Waals surface area contributed by atoms with Crippen molar-refractivity contribution < 1.29 is 23.9 Å². The Bertz CT molecular complexity index is 1130. The molecule has 1 atom stereocenters. The summed E-state index contributed by atoms with van der Waals surface area (Å²) in [6.07, 6.45) is 1.22. The Morgan fingerprint density at radius 3 is 2.09 bits per heavy atom. The van der Waals surface area contributed by atoms with Gasteiger partial charge in [-0.1, -0.05) is 66.7 Å². The van der Waals surface area contributed by atoms with E-state index in [4.69, 9.17) is 0 Å². The zero-order chi connectivity index (χ0) is 22.9. The summed E-state index contributed by atoms with van der Waals surface area (Å²) in [5.41, 5.74) is 0.802. The number of benzene rings is 3. The van der Waals surface area contributed by atoms with Gasteiger partial charge in [0.15, 0.2) is 0 Å². The highest BCUT2D eigenvalue weighted by Gasteiger charge is 2.23. The smallest absolute Gasteiger partial charge is 0.326 e. The average molecular weight is 432 g/mol. The van der Waals surface area contributed by atoms with Gasteiger partial charge in [0.1, 0.15) is 17.6 Å². The molecule has 3 aromatic rings. The van der Waals surface area contributed by atoms with Crippen molar-refractivity contribution in [2.75, 3.05) is 0 Å². The lowest BCUT2D eigenvalue weighted by molar-refractivity contribution is -0.141. The van der Waals surface area contributed by atoms with Gasteiger partial charge in [-0.3, -0.25) is 9.59 Å². The van der Waals surface area contributed by atoms with Gasteiger partial charge in [-0.15, -0.1) is 0 Å². The number of carboxylic acids is 1. The number of hydrogen-bond acceptors (Lipinski definition) is 3. The van der Waals surface area contributed by atoms with Crippen LogP contribution in [0.1, 0.15) is 21.5 Å². The van der Waals surface area contributed by atoms with E-state index in [0.717, 1.165) is 0 Å². The van der Waals surface area contributed by atoms with Crippen LogP contribution in [0.5, 0.6) is 0 Å². The monoisotopic (exact) mass is 432 g/mol. The molecule has 0 spiro atoms. The lowest BCUT2D eigenvalue weighted by Gasteiger charge is -2.17. The van der Waals surface area contributed by atoms with Gasteiger partial charge in [-0.05, 0) is 29.8 Å². The molecule has 0 radical (unpaired) electrons. The van der Waals surface area contributed by atoms with Crippen LogP contribution in [0, 0.1) is 5.82 Å². The minimum absolute atomic E-state index is 0.0432. The largest absolute Gasteiger partial charge is 0.480 e. The van der Waals surface area contributed by atoms with E-state index in [-0.39, 0.29) is 17.7 Å². The fourth-order valence-corrected chi connectivity index (χ4v) is 2.98. The number of rotatable bonds is 8. The van der Waals surface area contributed by atoms with E-state index >= 15 is 0 Å². The molecule has 0 unspecified atom stereocenters. The summed E-state index contributed by atoms with van der Waals surface area (Å²) in [5.74, 6) is -3.26. The molecule has 162 valence electrons. The Morgan fingerprint density at radius 2 is 1.47 bits per heavy atom. The molecule has 3 aromatic carbocycles. The van der Waals surface area contributed by atoms with Gasteiger partial charge >= 0.3 is 5.97 Å². The fourth-order valence-electron chi connectivity index (χ4n) is 2.98. The first-order valence-electron chi connectivity index (χ1n) is 9.84. The van der Waals surface area contributed by atoms with Crippen molar-refractivity contribution in [3.8, 4) is 0 Å². The number of carbonyl (C=O) groups excluding carboxylic acids is 2. The first kappa shape index (κ1) is 22.4. The van der Waals surface area contributed by atoms with Crippen LogP contribution in [0.2, 0.25) is 0 Å². The molecule has 3 N–H and O–H groups in total. The third-order valence-electron chi connectivity index (χ3n) is 4.62. The molecule has 0 bridgehead atoms. The van der Waals surface area contributed by atoms with Crippen molar-refractivity contribution in [1.82, 2.24) is 10.6 Å². The number of aliphatic carboxylic acids is 1. The second kappa shape index (κ2) is 10.7. The van der Waals surface area contributed by atoms with Crippen LogP contribution in [-0.2, 0) is 16.0 Å². The standard InChI is InChI=1S/C25H21FN2O4/c26-20-14-8-7-13-19(20)16-21(27-23(29)18-11-5-2-6-12-18)24(30)28-22(25(31)32)15-17-9-3-1-4-10-17/h1-14,16,22H,15H2,(H,27,29)(H,28,30)(H,31,32)/b21-16+/t22-/m0/s1. The summed E-state index contributed by atoms with van der Waals surface area (Å²) >= 11 is 0. The third-order valence-corrected chi connectivity index (χ3v) is 4.62. The normalized spacial score (nSPS) is 12.0. The van der Waals surface area contributed by atoms with E-state index in [2.05, 4.69) is 10.6 Å². The number of carboxylic acid groups (broad SMARTS) is 1. The highest BCUT2D eigenvalue weighted by Crippen LogP contribution is 2.12. The summed E-state index contributed by atoms with van der Waals surface area (Å²) in [7, 11) is 0. The van der Waals surface area contributed by atoms with Crippen molar-refractivity contribution in [2.24, 2.45) is 0 Å². The molecule has 0 aliphatic rings. The Hall–Kier alpha value is -4.26. The third kappa shape index (κ3) is 6.12. The summed E-state index contributed by atoms with van der Waals surface area (Å²) in [6.45, 7) is 0. The van der Waals surface area contributed by atoms with Gasteiger partial charge < -0.3 is 15.7 Å². The number of amides is 2. The quantitative estimate of drug-likeness (QED) is 0.476. The molecule has 32 heavy (non-hydrogen) atoms. The number of carbonyl (C=O) groups is 3. The lowest BCUT2D eigenvalue weighted by Crippen LogP contribution is -2.45. The van der Waals surface area contributed by atoms with E-state index in [0.29, 0.717) is 11.1 Å². The zero-order valence-electron chi connectivity index (χ0n) is 17.0. The maximum atomic E-state index is 14.2. The highest BCUT2D eigenvalue weighted by atomic mass is 19.1. The van der Waals surface area contributed by atoms with Crippen LogP contribution in [0.4, 0.5) is 4.39 Å². The predicted molar refractivity (Wildman–Crippen MR) is 118 cm³/mol. The van der Waals surface area contributed by atoms with Crippen molar-refractivity contribution in [3.63, 3.8) is 0 Å². The Morgan fingerprint density at radius 1 is 0.875 bits per heavy atom. The number of hydrogen-bond donors (Lipinski definition) is 3. The van der Waals surface area contributed by atoms with Crippen LogP contribution in [0.25, 0.3) is 6.08 Å². The number of halogens is 1. The van der Waals surface area contributed by atoms with Crippen LogP contribution < -0.4 is 10.6 Å². The summed E-state index contributed by atoms with van der Waals surface area (Å²) in [4.78, 5) is 37.3. The van der Waals surface area contributed by atoms with Gasteiger partial charge in [0.2, 0.25) is 0 Å². The van der Waals surface area contributed by atoms with Crippen LogP contribution in [0.3, 0.4) is 0 Å². The van der Waals surface area contributed by atoms with E-state index in [1.807, 2.05) is 0 Å². The van der Waals surface area contributed by atoms with Crippen molar-refractivity contribution in [3.05, 3.63) is 113 Å². The molecule has 0 heterocycles. The van der Waals surface area contributed by atoms with Crippen LogP contribution in [0.15, 0.2) is 90.6 Å². The summed E-state index contributed by atoms with van der Waals surface area (Å²) in [5, 5.41) is 14.5. The molecule has 0 saturated carbocycles.